The number of hydrogen-bond acceptors (Lipinski definition) is 5. The first-order chi connectivity index (χ1) is 17.0. The lowest BCUT2D eigenvalue weighted by molar-refractivity contribution is 0.232. The van der Waals surface area contributed by atoms with Crippen LogP contribution in [0.4, 0.5) is 0 Å². The molecule has 5 rings (SSSR count). The largest absolute Gasteiger partial charge is 0.508 e. The maximum Gasteiger partial charge on any atom is 0.150 e. The van der Waals surface area contributed by atoms with E-state index in [9.17, 15) is 10.2 Å². The molecular weight excluding hydrogens is 438 g/mol. The van der Waals surface area contributed by atoms with Gasteiger partial charge in [-0.15, -0.1) is 0 Å². The zero-order valence-electron chi connectivity index (χ0n) is 20.4. The highest BCUT2D eigenvalue weighted by atomic mass is 16.5. The van der Waals surface area contributed by atoms with Gasteiger partial charge < -0.3 is 19.7 Å². The maximum absolute atomic E-state index is 10.1. The van der Waals surface area contributed by atoms with Gasteiger partial charge in [0.05, 0.1) is 0 Å². The van der Waals surface area contributed by atoms with Gasteiger partial charge in [0.1, 0.15) is 35.7 Å². The Balaban J connectivity index is 1.37. The number of nitrogens with zero attached hydrogens (tertiary/aromatic N) is 1. The van der Waals surface area contributed by atoms with Crippen molar-refractivity contribution >= 4 is 11.1 Å². The van der Waals surface area contributed by atoms with Crippen LogP contribution in [-0.4, -0.2) is 41.4 Å². The van der Waals surface area contributed by atoms with Crippen molar-refractivity contribution in [3.63, 3.8) is 0 Å². The monoisotopic (exact) mass is 471 g/mol. The molecule has 1 saturated heterocycles. The molecular formula is C30H33NO4. The first-order valence-corrected chi connectivity index (χ1v) is 12.5. The van der Waals surface area contributed by atoms with E-state index < -0.39 is 0 Å². The number of benzene rings is 3. The lowest BCUT2D eigenvalue weighted by atomic mass is 9.86. The van der Waals surface area contributed by atoms with Gasteiger partial charge in [0.25, 0.3) is 0 Å². The van der Waals surface area contributed by atoms with Gasteiger partial charge in [0.2, 0.25) is 0 Å². The fraction of sp³-hybridized carbons (Fsp3) is 0.333. The molecule has 2 heterocycles. The van der Waals surface area contributed by atoms with Crippen LogP contribution in [0.2, 0.25) is 0 Å². The average molecular weight is 472 g/mol. The van der Waals surface area contributed by atoms with Gasteiger partial charge in [-0.05, 0) is 85.0 Å². The van der Waals surface area contributed by atoms with Crippen molar-refractivity contribution in [3.05, 3.63) is 83.4 Å². The minimum absolute atomic E-state index is 0.195. The van der Waals surface area contributed by atoms with Crippen LogP contribution in [0.1, 0.15) is 49.5 Å². The second-order valence-corrected chi connectivity index (χ2v) is 9.55. The zero-order valence-corrected chi connectivity index (χ0v) is 20.4. The molecule has 2 aliphatic heterocycles. The molecule has 0 bridgehead atoms. The predicted molar refractivity (Wildman–Crippen MR) is 139 cm³/mol. The Morgan fingerprint density at radius 3 is 2.54 bits per heavy atom. The van der Waals surface area contributed by atoms with E-state index >= 15 is 0 Å². The summed E-state index contributed by atoms with van der Waals surface area (Å²) in [5.74, 6) is 2.80. The van der Waals surface area contributed by atoms with Gasteiger partial charge in [0, 0.05) is 24.2 Å². The van der Waals surface area contributed by atoms with E-state index in [-0.39, 0.29) is 17.6 Å². The average Bonchev–Trinajstić information content (AvgIpc) is 3.33. The van der Waals surface area contributed by atoms with Crippen molar-refractivity contribution < 1.29 is 19.7 Å². The molecule has 0 unspecified atom stereocenters. The van der Waals surface area contributed by atoms with Crippen LogP contribution in [0.5, 0.6) is 23.0 Å². The Kier molecular flexibility index (Phi) is 6.69. The molecule has 1 fully saturated rings. The molecule has 182 valence electrons. The van der Waals surface area contributed by atoms with E-state index in [1.165, 1.54) is 25.9 Å². The van der Waals surface area contributed by atoms with E-state index in [4.69, 9.17) is 9.47 Å². The minimum Gasteiger partial charge on any atom is -0.508 e. The molecule has 0 radical (unpaired) electrons. The summed E-state index contributed by atoms with van der Waals surface area (Å²) in [6, 6.07) is 20.5. The number of ether oxygens (including phenoxy) is 2. The minimum atomic E-state index is -0.349. The molecule has 0 amide bonds. The van der Waals surface area contributed by atoms with Gasteiger partial charge in [-0.3, -0.25) is 4.90 Å². The van der Waals surface area contributed by atoms with Crippen LogP contribution < -0.4 is 9.47 Å². The number of fused-ring (bicyclic) bond motifs is 1. The maximum atomic E-state index is 10.1. The second kappa shape index (κ2) is 10.0. The summed E-state index contributed by atoms with van der Waals surface area (Å²) in [5, 5.41) is 20.2. The summed E-state index contributed by atoms with van der Waals surface area (Å²) >= 11 is 0. The van der Waals surface area contributed by atoms with Crippen LogP contribution in [0.3, 0.4) is 0 Å². The molecule has 0 spiro atoms. The zero-order chi connectivity index (χ0) is 24.4. The molecule has 5 nitrogen and oxygen atoms in total. The summed E-state index contributed by atoms with van der Waals surface area (Å²) in [7, 11) is 0. The van der Waals surface area contributed by atoms with Crippen molar-refractivity contribution in [2.24, 2.45) is 5.92 Å². The third-order valence-corrected chi connectivity index (χ3v) is 7.24. The number of aromatic hydroxyl groups is 2. The van der Waals surface area contributed by atoms with Crippen molar-refractivity contribution in [3.8, 4) is 23.0 Å². The predicted octanol–water partition coefficient (Wildman–Crippen LogP) is 6.27. The molecule has 0 saturated carbocycles. The van der Waals surface area contributed by atoms with Crippen LogP contribution in [-0.2, 0) is 0 Å². The number of likely N-dealkylation sites (tertiary alicyclic amines) is 1. The van der Waals surface area contributed by atoms with Crippen molar-refractivity contribution in [1.29, 1.82) is 0 Å². The standard InChI is InChI=1S/C30H33NO4/c1-3-21-13-14-31(19-21)15-16-34-26-10-7-22(8-11-26)30-29(23-5-4-6-24(32)17-23)20(2)27-18-25(33)9-12-28(27)35-30/h4-12,17-18,21,30,32-33H,3,13-16,19H2,1-2H3/t21-,30+/m1/s1. The van der Waals surface area contributed by atoms with Crippen molar-refractivity contribution in [1.82, 2.24) is 4.90 Å². The molecule has 3 aromatic carbocycles. The molecule has 5 heteroatoms. The first-order valence-electron chi connectivity index (χ1n) is 12.5. The Morgan fingerprint density at radius 1 is 1.00 bits per heavy atom. The molecule has 2 N–H and O–H groups in total. The SMILES string of the molecule is CC[C@@H]1CCN(CCOc2ccc([C@@H]3Oc4ccc(O)cc4C(C)=C3c3cccc(O)c3)cc2)C1. The van der Waals surface area contributed by atoms with Gasteiger partial charge in [0.15, 0.2) is 0 Å². The Morgan fingerprint density at radius 2 is 1.80 bits per heavy atom. The van der Waals surface area contributed by atoms with Crippen LogP contribution >= 0.6 is 0 Å². The lowest BCUT2D eigenvalue weighted by Crippen LogP contribution is -2.26. The van der Waals surface area contributed by atoms with E-state index in [0.717, 1.165) is 51.8 Å². The molecule has 2 atom stereocenters. The Labute approximate surface area is 207 Å². The second-order valence-electron chi connectivity index (χ2n) is 9.55. The van der Waals surface area contributed by atoms with Gasteiger partial charge >= 0.3 is 0 Å². The van der Waals surface area contributed by atoms with Crippen LogP contribution in [0, 0.1) is 5.92 Å². The quantitative estimate of drug-likeness (QED) is 0.425. The summed E-state index contributed by atoms with van der Waals surface area (Å²) in [6.07, 6.45) is 2.20. The normalized spacial score (nSPS) is 19.9. The fourth-order valence-corrected chi connectivity index (χ4v) is 5.20. The third kappa shape index (κ3) is 5.01. The van der Waals surface area contributed by atoms with Gasteiger partial charge in [-0.2, -0.15) is 0 Å². The first kappa shape index (κ1) is 23.3. The Bertz CT molecular complexity index is 1220. The van der Waals surface area contributed by atoms with Crippen molar-refractivity contribution in [2.45, 2.75) is 32.8 Å². The number of rotatable bonds is 7. The summed E-state index contributed by atoms with van der Waals surface area (Å²) < 4.78 is 12.5. The van der Waals surface area contributed by atoms with Gasteiger partial charge in [-0.25, -0.2) is 0 Å². The molecule has 35 heavy (non-hydrogen) atoms. The number of phenolic OH excluding ortho intramolecular Hbond substituents is 2. The Hall–Kier alpha value is -3.44. The van der Waals surface area contributed by atoms with E-state index in [1.807, 2.05) is 43.3 Å². The van der Waals surface area contributed by atoms with Crippen molar-refractivity contribution in [2.75, 3.05) is 26.2 Å². The topological polar surface area (TPSA) is 62.2 Å². The highest BCUT2D eigenvalue weighted by Crippen LogP contribution is 2.47. The van der Waals surface area contributed by atoms with E-state index in [2.05, 4.69) is 11.8 Å². The third-order valence-electron chi connectivity index (χ3n) is 7.24. The number of hydrogen-bond donors (Lipinski definition) is 2. The highest BCUT2D eigenvalue weighted by molar-refractivity contribution is 5.95. The lowest BCUT2D eigenvalue weighted by Gasteiger charge is -2.31. The molecule has 3 aromatic rings. The van der Waals surface area contributed by atoms with Crippen LogP contribution in [0.15, 0.2) is 66.7 Å². The molecule has 2 aliphatic rings. The molecule has 0 aliphatic carbocycles. The summed E-state index contributed by atoms with van der Waals surface area (Å²) in [5.41, 5.74) is 4.71. The van der Waals surface area contributed by atoms with Crippen LogP contribution in [0.25, 0.3) is 11.1 Å². The fourth-order valence-electron chi connectivity index (χ4n) is 5.20. The van der Waals surface area contributed by atoms with Gasteiger partial charge in [-0.1, -0.05) is 37.6 Å². The summed E-state index contributed by atoms with van der Waals surface area (Å²) in [4.78, 5) is 2.49. The number of allylic oxidation sites excluding steroid dienone is 1. The smallest absolute Gasteiger partial charge is 0.150 e. The molecule has 0 aromatic heterocycles. The van der Waals surface area contributed by atoms with E-state index in [1.54, 1.807) is 30.3 Å². The summed E-state index contributed by atoms with van der Waals surface area (Å²) in [6.45, 7) is 8.29. The van der Waals surface area contributed by atoms with E-state index in [0.29, 0.717) is 6.61 Å². The number of phenols is 2. The highest BCUT2D eigenvalue weighted by Gasteiger charge is 2.29.